The molecule has 1 heterocycles. The molecule has 0 radical (unpaired) electrons. The highest BCUT2D eigenvalue weighted by Crippen LogP contribution is 2.21. The van der Waals surface area contributed by atoms with Crippen molar-refractivity contribution in [1.82, 2.24) is 20.4 Å². The SMILES string of the molecule is CCNC(=NCc1ccc(Cl)cc1Cl)NCc1ccnn1C. The van der Waals surface area contributed by atoms with Crippen molar-refractivity contribution in [2.24, 2.45) is 12.0 Å². The lowest BCUT2D eigenvalue weighted by atomic mass is 10.2. The van der Waals surface area contributed by atoms with Gasteiger partial charge in [0.1, 0.15) is 0 Å². The Labute approximate surface area is 140 Å². The maximum absolute atomic E-state index is 6.16. The monoisotopic (exact) mass is 339 g/mol. The van der Waals surface area contributed by atoms with Gasteiger partial charge in [0, 0.05) is 29.8 Å². The maximum atomic E-state index is 6.16. The first kappa shape index (κ1) is 16.6. The molecule has 0 aliphatic rings. The van der Waals surface area contributed by atoms with Crippen molar-refractivity contribution in [3.63, 3.8) is 0 Å². The minimum atomic E-state index is 0.483. The number of hydrogen-bond donors (Lipinski definition) is 2. The van der Waals surface area contributed by atoms with Gasteiger partial charge in [0.2, 0.25) is 0 Å². The number of aliphatic imine (C=N–C) groups is 1. The van der Waals surface area contributed by atoms with Crippen LogP contribution < -0.4 is 10.6 Å². The van der Waals surface area contributed by atoms with Crippen molar-refractivity contribution in [2.45, 2.75) is 20.0 Å². The van der Waals surface area contributed by atoms with E-state index in [0.29, 0.717) is 23.1 Å². The molecule has 2 N–H and O–H groups in total. The number of guanidine groups is 1. The van der Waals surface area contributed by atoms with Gasteiger partial charge in [-0.3, -0.25) is 4.68 Å². The third-order valence-corrected chi connectivity index (χ3v) is 3.71. The number of nitrogens with zero attached hydrogens (tertiary/aromatic N) is 3. The normalized spacial score (nSPS) is 11.5. The number of aromatic nitrogens is 2. The minimum Gasteiger partial charge on any atom is -0.357 e. The predicted molar refractivity (Wildman–Crippen MR) is 91.3 cm³/mol. The van der Waals surface area contributed by atoms with Crippen LogP contribution in [0.4, 0.5) is 0 Å². The second kappa shape index (κ2) is 8.06. The quantitative estimate of drug-likeness (QED) is 0.650. The van der Waals surface area contributed by atoms with Crippen LogP contribution in [0.1, 0.15) is 18.2 Å². The van der Waals surface area contributed by atoms with Crippen LogP contribution in [0, 0.1) is 0 Å². The van der Waals surface area contributed by atoms with Gasteiger partial charge in [-0.25, -0.2) is 4.99 Å². The standard InChI is InChI=1S/C15H19Cl2N5/c1-3-18-15(20-10-13-6-7-21-22(13)2)19-9-11-4-5-12(16)8-14(11)17/h4-8H,3,9-10H2,1-2H3,(H2,18,19,20). The summed E-state index contributed by atoms with van der Waals surface area (Å²) in [5.41, 5.74) is 2.01. The molecule has 0 amide bonds. The third-order valence-electron chi connectivity index (χ3n) is 3.13. The van der Waals surface area contributed by atoms with Crippen LogP contribution in [-0.4, -0.2) is 22.3 Å². The average Bonchev–Trinajstić information content (AvgIpc) is 2.89. The van der Waals surface area contributed by atoms with Gasteiger partial charge in [0.15, 0.2) is 5.96 Å². The van der Waals surface area contributed by atoms with Gasteiger partial charge in [-0.2, -0.15) is 5.10 Å². The van der Waals surface area contributed by atoms with Crippen molar-refractivity contribution in [1.29, 1.82) is 0 Å². The molecule has 2 rings (SSSR count). The van der Waals surface area contributed by atoms with Crippen LogP contribution in [0.2, 0.25) is 10.0 Å². The van der Waals surface area contributed by atoms with Gasteiger partial charge in [-0.05, 0) is 30.7 Å². The smallest absolute Gasteiger partial charge is 0.191 e. The van der Waals surface area contributed by atoms with E-state index in [-0.39, 0.29) is 0 Å². The lowest BCUT2D eigenvalue weighted by molar-refractivity contribution is 0.685. The van der Waals surface area contributed by atoms with E-state index in [0.717, 1.165) is 23.8 Å². The summed E-state index contributed by atoms with van der Waals surface area (Å²) < 4.78 is 1.83. The van der Waals surface area contributed by atoms with Crippen molar-refractivity contribution >= 4 is 29.2 Å². The second-order valence-electron chi connectivity index (χ2n) is 4.73. The maximum Gasteiger partial charge on any atom is 0.191 e. The largest absolute Gasteiger partial charge is 0.357 e. The van der Waals surface area contributed by atoms with Gasteiger partial charge in [0.05, 0.1) is 18.8 Å². The molecule has 0 unspecified atom stereocenters. The highest BCUT2D eigenvalue weighted by Gasteiger charge is 2.03. The summed E-state index contributed by atoms with van der Waals surface area (Å²) >= 11 is 12.1. The van der Waals surface area contributed by atoms with Crippen molar-refractivity contribution in [3.8, 4) is 0 Å². The van der Waals surface area contributed by atoms with Crippen LogP contribution in [0.5, 0.6) is 0 Å². The van der Waals surface area contributed by atoms with Gasteiger partial charge in [-0.15, -0.1) is 0 Å². The number of hydrogen-bond acceptors (Lipinski definition) is 2. The molecule has 22 heavy (non-hydrogen) atoms. The first-order valence-electron chi connectivity index (χ1n) is 7.03. The van der Waals surface area contributed by atoms with E-state index in [2.05, 4.69) is 20.7 Å². The second-order valence-corrected chi connectivity index (χ2v) is 5.57. The summed E-state index contributed by atoms with van der Waals surface area (Å²) in [4.78, 5) is 4.54. The van der Waals surface area contributed by atoms with E-state index in [1.807, 2.05) is 36.9 Å². The van der Waals surface area contributed by atoms with Crippen LogP contribution in [-0.2, 0) is 20.1 Å². The third kappa shape index (κ3) is 4.64. The Hall–Kier alpha value is -1.72. The Balaban J connectivity index is 2.01. The van der Waals surface area contributed by atoms with Crippen LogP contribution in [0.15, 0.2) is 35.5 Å². The van der Waals surface area contributed by atoms with Gasteiger partial charge in [-0.1, -0.05) is 29.3 Å². The zero-order valence-electron chi connectivity index (χ0n) is 12.6. The Kier molecular flexibility index (Phi) is 6.10. The first-order valence-corrected chi connectivity index (χ1v) is 7.78. The molecule has 0 bridgehead atoms. The van der Waals surface area contributed by atoms with Gasteiger partial charge < -0.3 is 10.6 Å². The zero-order chi connectivity index (χ0) is 15.9. The summed E-state index contributed by atoms with van der Waals surface area (Å²) in [5.74, 6) is 0.731. The van der Waals surface area contributed by atoms with Crippen LogP contribution in [0.25, 0.3) is 0 Å². The molecule has 118 valence electrons. The molecule has 7 heteroatoms. The number of aryl methyl sites for hydroxylation is 1. The summed E-state index contributed by atoms with van der Waals surface area (Å²) in [7, 11) is 1.91. The molecular weight excluding hydrogens is 321 g/mol. The van der Waals surface area contributed by atoms with Gasteiger partial charge in [0.25, 0.3) is 0 Å². The highest BCUT2D eigenvalue weighted by molar-refractivity contribution is 6.35. The molecular formula is C15H19Cl2N5. The lowest BCUT2D eigenvalue weighted by Gasteiger charge is -2.11. The van der Waals surface area contributed by atoms with E-state index < -0.39 is 0 Å². The van der Waals surface area contributed by atoms with Crippen molar-refractivity contribution < 1.29 is 0 Å². The summed E-state index contributed by atoms with van der Waals surface area (Å²) in [5, 5.41) is 11.9. The van der Waals surface area contributed by atoms with Crippen molar-refractivity contribution in [2.75, 3.05) is 6.54 Å². The molecule has 2 aromatic rings. The molecule has 5 nitrogen and oxygen atoms in total. The molecule has 0 aliphatic carbocycles. The zero-order valence-corrected chi connectivity index (χ0v) is 14.1. The van der Waals surface area contributed by atoms with Crippen LogP contribution in [0.3, 0.4) is 0 Å². The van der Waals surface area contributed by atoms with Crippen molar-refractivity contribution in [3.05, 3.63) is 51.8 Å². The molecule has 0 spiro atoms. The fourth-order valence-corrected chi connectivity index (χ4v) is 2.37. The van der Waals surface area contributed by atoms with E-state index in [9.17, 15) is 0 Å². The summed E-state index contributed by atoms with van der Waals surface area (Å²) in [6.45, 7) is 3.94. The van der Waals surface area contributed by atoms with E-state index >= 15 is 0 Å². The fourth-order valence-electron chi connectivity index (χ4n) is 1.90. The molecule has 0 fully saturated rings. The number of rotatable bonds is 5. The fraction of sp³-hybridized carbons (Fsp3) is 0.333. The first-order chi connectivity index (χ1) is 10.6. The average molecular weight is 340 g/mol. The molecule has 0 saturated heterocycles. The molecule has 1 aromatic heterocycles. The summed E-state index contributed by atoms with van der Waals surface area (Å²) in [6, 6.07) is 7.39. The van der Waals surface area contributed by atoms with E-state index in [4.69, 9.17) is 23.2 Å². The molecule has 0 aliphatic heterocycles. The Morgan fingerprint density at radius 1 is 1.27 bits per heavy atom. The molecule has 0 atom stereocenters. The predicted octanol–water partition coefficient (Wildman–Crippen LogP) is 2.98. The molecule has 1 aromatic carbocycles. The number of halogens is 2. The van der Waals surface area contributed by atoms with Gasteiger partial charge >= 0.3 is 0 Å². The van der Waals surface area contributed by atoms with Crippen LogP contribution >= 0.6 is 23.2 Å². The highest BCUT2D eigenvalue weighted by atomic mass is 35.5. The minimum absolute atomic E-state index is 0.483. The summed E-state index contributed by atoms with van der Waals surface area (Å²) in [6.07, 6.45) is 1.77. The number of benzene rings is 1. The Bertz CT molecular complexity index is 651. The molecule has 0 saturated carbocycles. The Morgan fingerprint density at radius 3 is 2.73 bits per heavy atom. The van der Waals surface area contributed by atoms with E-state index in [1.54, 1.807) is 12.3 Å². The Morgan fingerprint density at radius 2 is 2.09 bits per heavy atom. The van der Waals surface area contributed by atoms with E-state index in [1.165, 1.54) is 0 Å². The number of nitrogens with one attached hydrogen (secondary N) is 2. The lowest BCUT2D eigenvalue weighted by Crippen LogP contribution is -2.37. The topological polar surface area (TPSA) is 54.2 Å².